The molecule has 1 aliphatic carbocycles. The molecule has 2 rings (SSSR count). The third-order valence-electron chi connectivity index (χ3n) is 3.04. The van der Waals surface area contributed by atoms with Crippen LogP contribution in [0.4, 0.5) is 4.39 Å². The molecule has 1 N–H and O–H groups in total. The highest BCUT2D eigenvalue weighted by Crippen LogP contribution is 2.36. The van der Waals surface area contributed by atoms with Crippen molar-refractivity contribution in [2.24, 2.45) is 0 Å². The molecular formula is C13H17BrFNOS. The van der Waals surface area contributed by atoms with Crippen molar-refractivity contribution in [1.82, 2.24) is 4.72 Å². The zero-order valence-corrected chi connectivity index (χ0v) is 13.1. The summed E-state index contributed by atoms with van der Waals surface area (Å²) in [5.74, 6) is -0.222. The average Bonchev–Trinajstić information content (AvgIpc) is 2.59. The summed E-state index contributed by atoms with van der Waals surface area (Å²) in [7, 11) is 0. The van der Waals surface area contributed by atoms with Crippen LogP contribution >= 0.6 is 15.9 Å². The van der Waals surface area contributed by atoms with Crippen molar-refractivity contribution in [2.75, 3.05) is 0 Å². The highest BCUT2D eigenvalue weighted by Gasteiger charge is 2.34. The molecule has 0 bridgehead atoms. The van der Waals surface area contributed by atoms with Crippen molar-refractivity contribution < 1.29 is 8.94 Å². The maximum Gasteiger partial charge on any atom is 0.136 e. The van der Waals surface area contributed by atoms with Gasteiger partial charge in [0.25, 0.3) is 0 Å². The fourth-order valence-corrected chi connectivity index (χ4v) is 3.43. The lowest BCUT2D eigenvalue weighted by atomic mass is 10.1. The molecule has 1 aromatic carbocycles. The van der Waals surface area contributed by atoms with Crippen molar-refractivity contribution in [1.29, 1.82) is 0 Å². The maximum absolute atomic E-state index is 14.0. The van der Waals surface area contributed by atoms with Gasteiger partial charge in [-0.2, -0.15) is 0 Å². The molecule has 0 saturated carbocycles. The van der Waals surface area contributed by atoms with Crippen LogP contribution in [0.2, 0.25) is 0 Å². The van der Waals surface area contributed by atoms with Gasteiger partial charge in [-0.3, -0.25) is 0 Å². The van der Waals surface area contributed by atoms with E-state index in [4.69, 9.17) is 0 Å². The van der Waals surface area contributed by atoms with Crippen molar-refractivity contribution in [3.63, 3.8) is 0 Å². The van der Waals surface area contributed by atoms with Gasteiger partial charge in [0.2, 0.25) is 0 Å². The lowest BCUT2D eigenvalue weighted by molar-refractivity contribution is 0.512. The molecule has 0 amide bonds. The number of fused-ring (bicyclic) bond motifs is 1. The highest BCUT2D eigenvalue weighted by molar-refractivity contribution is 9.10. The first-order valence-electron chi connectivity index (χ1n) is 5.95. The van der Waals surface area contributed by atoms with E-state index >= 15 is 0 Å². The number of halogens is 2. The van der Waals surface area contributed by atoms with Crippen LogP contribution in [0.5, 0.6) is 0 Å². The molecule has 0 fully saturated rings. The molecule has 0 aromatic heterocycles. The molecule has 0 heterocycles. The summed E-state index contributed by atoms with van der Waals surface area (Å²) in [5.41, 5.74) is 1.68. The lowest BCUT2D eigenvalue weighted by Crippen LogP contribution is -2.40. The molecular weight excluding hydrogens is 317 g/mol. The van der Waals surface area contributed by atoms with Crippen LogP contribution in [0.25, 0.3) is 0 Å². The van der Waals surface area contributed by atoms with Gasteiger partial charge in [-0.1, -0.05) is 15.9 Å². The molecule has 0 aliphatic heterocycles. The minimum atomic E-state index is -1.18. The summed E-state index contributed by atoms with van der Waals surface area (Å²) in [4.78, 5) is 0. The zero-order chi connectivity index (χ0) is 13.5. The monoisotopic (exact) mass is 333 g/mol. The topological polar surface area (TPSA) is 35.1 Å². The van der Waals surface area contributed by atoms with Crippen LogP contribution < -0.4 is 4.72 Å². The molecule has 2 nitrogen and oxygen atoms in total. The van der Waals surface area contributed by atoms with Crippen LogP contribution in [0.15, 0.2) is 16.6 Å². The van der Waals surface area contributed by atoms with Gasteiger partial charge in [0.15, 0.2) is 0 Å². The Morgan fingerprint density at radius 1 is 1.44 bits per heavy atom. The van der Waals surface area contributed by atoms with Crippen molar-refractivity contribution >= 4 is 27.3 Å². The van der Waals surface area contributed by atoms with Gasteiger partial charge < -0.3 is 4.55 Å². The number of rotatable bonds is 2. The predicted octanol–water partition coefficient (Wildman–Crippen LogP) is 3.63. The summed E-state index contributed by atoms with van der Waals surface area (Å²) >= 11 is 2.12. The van der Waals surface area contributed by atoms with Gasteiger partial charge in [0.05, 0.1) is 6.04 Å². The van der Waals surface area contributed by atoms with Crippen LogP contribution in [0.3, 0.4) is 0 Å². The predicted molar refractivity (Wildman–Crippen MR) is 76.2 cm³/mol. The smallest absolute Gasteiger partial charge is 0.136 e. The minimum absolute atomic E-state index is 0.145. The Kier molecular flexibility index (Phi) is 4.07. The average molecular weight is 334 g/mol. The van der Waals surface area contributed by atoms with E-state index in [1.54, 1.807) is 0 Å². The summed E-state index contributed by atoms with van der Waals surface area (Å²) in [6.45, 7) is 5.72. The Morgan fingerprint density at radius 3 is 2.72 bits per heavy atom. The molecule has 1 unspecified atom stereocenters. The Hall–Kier alpha value is -0.100. The van der Waals surface area contributed by atoms with E-state index in [0.717, 1.165) is 22.9 Å². The third kappa shape index (κ3) is 2.90. The lowest BCUT2D eigenvalue weighted by Gasteiger charge is -2.26. The molecule has 1 aromatic rings. The summed E-state index contributed by atoms with van der Waals surface area (Å²) in [5, 5.41) is 0. The van der Waals surface area contributed by atoms with E-state index in [2.05, 4.69) is 20.7 Å². The van der Waals surface area contributed by atoms with Gasteiger partial charge in [-0.15, -0.1) is 4.72 Å². The highest BCUT2D eigenvalue weighted by atomic mass is 79.9. The molecule has 0 spiro atoms. The Labute approximate surface area is 119 Å². The SMILES string of the molecule is CC(C)(C)[S+]([O-])N[C@H]1CCc2cc(Br)cc(F)c21. The molecule has 2 atom stereocenters. The van der Waals surface area contributed by atoms with Gasteiger partial charge >= 0.3 is 0 Å². The minimum Gasteiger partial charge on any atom is -0.598 e. The number of aryl methyl sites for hydroxylation is 1. The molecule has 18 heavy (non-hydrogen) atoms. The van der Waals surface area contributed by atoms with Crippen LogP contribution in [0.1, 0.15) is 44.4 Å². The van der Waals surface area contributed by atoms with Gasteiger partial charge in [0, 0.05) is 21.4 Å². The molecule has 100 valence electrons. The largest absolute Gasteiger partial charge is 0.598 e. The molecule has 1 aliphatic rings. The summed E-state index contributed by atoms with van der Waals surface area (Å²) in [6, 6.07) is 3.27. The number of hydrogen-bond donors (Lipinski definition) is 1. The van der Waals surface area contributed by atoms with E-state index in [1.807, 2.05) is 26.8 Å². The third-order valence-corrected chi connectivity index (χ3v) is 5.11. The summed E-state index contributed by atoms with van der Waals surface area (Å²) < 4.78 is 29.5. The second kappa shape index (κ2) is 5.12. The maximum atomic E-state index is 14.0. The van der Waals surface area contributed by atoms with Crippen LogP contribution in [-0.4, -0.2) is 9.30 Å². The number of benzene rings is 1. The first-order valence-corrected chi connectivity index (χ1v) is 7.89. The van der Waals surface area contributed by atoms with Gasteiger partial charge in [-0.25, -0.2) is 4.39 Å². The van der Waals surface area contributed by atoms with E-state index in [0.29, 0.717) is 5.56 Å². The van der Waals surface area contributed by atoms with E-state index in [-0.39, 0.29) is 16.6 Å². The number of hydrogen-bond acceptors (Lipinski definition) is 2. The quantitative estimate of drug-likeness (QED) is 0.839. The van der Waals surface area contributed by atoms with Crippen molar-refractivity contribution in [3.05, 3.63) is 33.5 Å². The molecule has 5 heteroatoms. The Morgan fingerprint density at radius 2 is 2.11 bits per heavy atom. The normalized spacial score (nSPS) is 20.9. The Balaban J connectivity index is 2.22. The first-order chi connectivity index (χ1) is 8.29. The van der Waals surface area contributed by atoms with Crippen LogP contribution in [-0.2, 0) is 17.8 Å². The zero-order valence-electron chi connectivity index (χ0n) is 10.7. The first kappa shape index (κ1) is 14.3. The molecule has 0 saturated heterocycles. The fraction of sp³-hybridized carbons (Fsp3) is 0.538. The number of nitrogens with one attached hydrogen (secondary N) is 1. The van der Waals surface area contributed by atoms with E-state index in [9.17, 15) is 8.94 Å². The molecule has 0 radical (unpaired) electrons. The van der Waals surface area contributed by atoms with E-state index < -0.39 is 11.4 Å². The van der Waals surface area contributed by atoms with E-state index in [1.165, 1.54) is 6.07 Å². The van der Waals surface area contributed by atoms with Gasteiger partial charge in [0.1, 0.15) is 10.6 Å². The standard InChI is InChI=1S/C13H17BrFNOS/c1-13(2,3)18(17)16-11-5-4-8-6-9(14)7-10(15)12(8)11/h6-7,11,16H,4-5H2,1-3H3/t11-,18?/m0/s1. The van der Waals surface area contributed by atoms with Crippen molar-refractivity contribution in [2.45, 2.75) is 44.4 Å². The second-order valence-corrected chi connectivity index (χ2v) is 8.46. The second-order valence-electron chi connectivity index (χ2n) is 5.55. The fourth-order valence-electron chi connectivity index (χ4n) is 2.10. The van der Waals surface area contributed by atoms with Gasteiger partial charge in [-0.05, 0) is 51.3 Å². The summed E-state index contributed by atoms with van der Waals surface area (Å²) in [6.07, 6.45) is 1.62. The van der Waals surface area contributed by atoms with Crippen LogP contribution in [0, 0.1) is 5.82 Å². The van der Waals surface area contributed by atoms with Crippen molar-refractivity contribution in [3.8, 4) is 0 Å². The Bertz CT molecular complexity index is 461.